The summed E-state index contributed by atoms with van der Waals surface area (Å²) >= 11 is 0. The Morgan fingerprint density at radius 3 is 2.41 bits per heavy atom. The molecule has 1 rings (SSSR count). The third-order valence-electron chi connectivity index (χ3n) is 3.55. The molecular formula is C15H25NO. The lowest BCUT2D eigenvalue weighted by atomic mass is 9.97. The lowest BCUT2D eigenvalue weighted by Gasteiger charge is -2.25. The largest absolute Gasteiger partial charge is 0.380 e. The predicted octanol–water partition coefficient (Wildman–Crippen LogP) is 2.86. The number of aryl methyl sites for hydroxylation is 2. The van der Waals surface area contributed by atoms with Crippen LogP contribution in [0.1, 0.15) is 30.0 Å². The van der Waals surface area contributed by atoms with Gasteiger partial charge >= 0.3 is 0 Å². The number of hydrogen-bond donors (Lipinski definition) is 1. The van der Waals surface area contributed by atoms with Crippen LogP contribution in [-0.4, -0.2) is 26.3 Å². The first-order chi connectivity index (χ1) is 8.12. The molecule has 0 heterocycles. The zero-order chi connectivity index (χ0) is 12.8. The minimum absolute atomic E-state index is 0.279. The molecule has 0 aliphatic carbocycles. The van der Waals surface area contributed by atoms with Gasteiger partial charge in [0.15, 0.2) is 0 Å². The second-order valence-corrected chi connectivity index (χ2v) is 4.70. The Balaban J connectivity index is 2.76. The second kappa shape index (κ2) is 6.77. The van der Waals surface area contributed by atoms with Crippen molar-refractivity contribution in [2.75, 3.05) is 14.2 Å². The van der Waals surface area contributed by atoms with Gasteiger partial charge in [-0.05, 0) is 50.4 Å². The molecule has 1 N–H and O–H groups in total. The molecular weight excluding hydrogens is 210 g/mol. The molecule has 17 heavy (non-hydrogen) atoms. The molecule has 1 aromatic rings. The third kappa shape index (κ3) is 3.83. The second-order valence-electron chi connectivity index (χ2n) is 4.70. The van der Waals surface area contributed by atoms with Crippen LogP contribution in [-0.2, 0) is 11.2 Å². The molecule has 0 amide bonds. The van der Waals surface area contributed by atoms with E-state index in [0.29, 0.717) is 6.04 Å². The van der Waals surface area contributed by atoms with Crippen LogP contribution in [0.25, 0.3) is 0 Å². The smallest absolute Gasteiger partial charge is 0.0724 e. The molecule has 2 heteroatoms. The molecule has 96 valence electrons. The minimum Gasteiger partial charge on any atom is -0.380 e. The van der Waals surface area contributed by atoms with Crippen LogP contribution in [0.2, 0.25) is 0 Å². The maximum absolute atomic E-state index is 5.52. The highest BCUT2D eigenvalue weighted by Crippen LogP contribution is 2.14. The van der Waals surface area contributed by atoms with Crippen LogP contribution in [0, 0.1) is 13.8 Å². The van der Waals surface area contributed by atoms with Gasteiger partial charge in [0.1, 0.15) is 0 Å². The van der Waals surface area contributed by atoms with Crippen molar-refractivity contribution >= 4 is 0 Å². The van der Waals surface area contributed by atoms with Gasteiger partial charge in [-0.15, -0.1) is 0 Å². The highest BCUT2D eigenvalue weighted by Gasteiger charge is 2.18. The molecule has 2 atom stereocenters. The molecule has 0 aliphatic heterocycles. The summed E-state index contributed by atoms with van der Waals surface area (Å²) in [5.41, 5.74) is 4.10. The average Bonchev–Trinajstić information content (AvgIpc) is 2.33. The van der Waals surface area contributed by atoms with E-state index >= 15 is 0 Å². The molecule has 0 aliphatic rings. The van der Waals surface area contributed by atoms with Crippen LogP contribution >= 0.6 is 0 Å². The summed E-state index contributed by atoms with van der Waals surface area (Å²) < 4.78 is 5.52. The van der Waals surface area contributed by atoms with Crippen molar-refractivity contribution in [2.45, 2.75) is 45.8 Å². The normalized spacial score (nSPS) is 14.6. The van der Waals surface area contributed by atoms with Crippen LogP contribution < -0.4 is 5.32 Å². The highest BCUT2D eigenvalue weighted by atomic mass is 16.5. The number of ether oxygens (including phenoxy) is 1. The first kappa shape index (κ1) is 14.2. The summed E-state index contributed by atoms with van der Waals surface area (Å²) in [6.45, 7) is 6.48. The van der Waals surface area contributed by atoms with E-state index in [1.54, 1.807) is 7.11 Å². The van der Waals surface area contributed by atoms with Crippen molar-refractivity contribution in [3.05, 3.63) is 34.9 Å². The maximum atomic E-state index is 5.52. The Morgan fingerprint density at radius 1 is 1.24 bits per heavy atom. The number of likely N-dealkylation sites (N-methyl/N-ethyl adjacent to an activating group) is 1. The Bertz CT molecular complexity index is 345. The van der Waals surface area contributed by atoms with E-state index in [1.807, 2.05) is 7.05 Å². The fourth-order valence-electron chi connectivity index (χ4n) is 2.22. The van der Waals surface area contributed by atoms with E-state index in [4.69, 9.17) is 4.74 Å². The topological polar surface area (TPSA) is 21.3 Å². The number of methoxy groups -OCH3 is 1. The van der Waals surface area contributed by atoms with Gasteiger partial charge < -0.3 is 10.1 Å². The molecule has 2 unspecified atom stereocenters. The summed E-state index contributed by atoms with van der Waals surface area (Å²) in [6, 6.07) is 7.08. The van der Waals surface area contributed by atoms with Crippen LogP contribution in [0.5, 0.6) is 0 Å². The molecule has 2 nitrogen and oxygen atoms in total. The van der Waals surface area contributed by atoms with Gasteiger partial charge in [0, 0.05) is 13.2 Å². The van der Waals surface area contributed by atoms with E-state index in [9.17, 15) is 0 Å². The van der Waals surface area contributed by atoms with E-state index in [-0.39, 0.29) is 6.10 Å². The first-order valence-electron chi connectivity index (χ1n) is 6.38. The van der Waals surface area contributed by atoms with E-state index in [1.165, 1.54) is 16.7 Å². The van der Waals surface area contributed by atoms with Gasteiger partial charge in [0.2, 0.25) is 0 Å². The summed E-state index contributed by atoms with van der Waals surface area (Å²) in [7, 11) is 3.80. The van der Waals surface area contributed by atoms with Crippen molar-refractivity contribution in [3.63, 3.8) is 0 Å². The van der Waals surface area contributed by atoms with E-state index in [0.717, 1.165) is 12.8 Å². The number of benzene rings is 1. The monoisotopic (exact) mass is 235 g/mol. The Hall–Kier alpha value is -0.860. The Morgan fingerprint density at radius 2 is 1.94 bits per heavy atom. The number of hydrogen-bond acceptors (Lipinski definition) is 2. The summed E-state index contributed by atoms with van der Waals surface area (Å²) in [4.78, 5) is 0. The molecule has 0 fully saturated rings. The fourth-order valence-corrected chi connectivity index (χ4v) is 2.22. The van der Waals surface area contributed by atoms with Crippen molar-refractivity contribution < 1.29 is 4.74 Å². The highest BCUT2D eigenvalue weighted by molar-refractivity contribution is 5.30. The molecule has 0 saturated carbocycles. The van der Waals surface area contributed by atoms with Crippen LogP contribution in [0.3, 0.4) is 0 Å². The first-order valence-corrected chi connectivity index (χ1v) is 6.38. The molecule has 1 aromatic carbocycles. The van der Waals surface area contributed by atoms with Gasteiger partial charge in [-0.1, -0.05) is 25.1 Å². The van der Waals surface area contributed by atoms with Gasteiger partial charge in [-0.25, -0.2) is 0 Å². The lowest BCUT2D eigenvalue weighted by Crippen LogP contribution is -2.40. The van der Waals surface area contributed by atoms with Crippen molar-refractivity contribution in [1.29, 1.82) is 0 Å². The number of nitrogens with one attached hydrogen (secondary N) is 1. The molecule has 0 bridgehead atoms. The van der Waals surface area contributed by atoms with Crippen molar-refractivity contribution in [2.24, 2.45) is 0 Å². The standard InChI is InChI=1S/C15H25NO/c1-6-15(17-5)14(16-4)10-13-8-7-11(2)12(3)9-13/h7-9,14-16H,6,10H2,1-5H3. The summed E-state index contributed by atoms with van der Waals surface area (Å²) in [5, 5.41) is 3.36. The van der Waals surface area contributed by atoms with Gasteiger partial charge in [-0.3, -0.25) is 0 Å². The van der Waals surface area contributed by atoms with Crippen molar-refractivity contribution in [3.8, 4) is 0 Å². The van der Waals surface area contributed by atoms with Crippen molar-refractivity contribution in [1.82, 2.24) is 5.32 Å². The number of rotatable bonds is 6. The third-order valence-corrected chi connectivity index (χ3v) is 3.55. The average molecular weight is 235 g/mol. The Kier molecular flexibility index (Phi) is 5.66. The Labute approximate surface area is 105 Å². The molecule has 0 radical (unpaired) electrons. The zero-order valence-corrected chi connectivity index (χ0v) is 11.7. The van der Waals surface area contributed by atoms with Crippen LogP contribution in [0.4, 0.5) is 0 Å². The molecule has 0 aromatic heterocycles. The van der Waals surface area contributed by atoms with Crippen LogP contribution in [0.15, 0.2) is 18.2 Å². The SMILES string of the molecule is CCC(OC)C(Cc1ccc(C)c(C)c1)NC. The summed E-state index contributed by atoms with van der Waals surface area (Å²) in [5.74, 6) is 0. The zero-order valence-electron chi connectivity index (χ0n) is 11.7. The van der Waals surface area contributed by atoms with Gasteiger partial charge in [-0.2, -0.15) is 0 Å². The predicted molar refractivity (Wildman–Crippen MR) is 73.6 cm³/mol. The lowest BCUT2D eigenvalue weighted by molar-refractivity contribution is 0.0678. The summed E-state index contributed by atoms with van der Waals surface area (Å²) in [6.07, 6.45) is 2.33. The quantitative estimate of drug-likeness (QED) is 0.818. The molecule has 0 spiro atoms. The fraction of sp³-hybridized carbons (Fsp3) is 0.600. The molecule has 0 saturated heterocycles. The van der Waals surface area contributed by atoms with Gasteiger partial charge in [0.05, 0.1) is 6.10 Å². The maximum Gasteiger partial charge on any atom is 0.0724 e. The van der Waals surface area contributed by atoms with E-state index < -0.39 is 0 Å². The minimum atomic E-state index is 0.279. The van der Waals surface area contributed by atoms with Gasteiger partial charge in [0.25, 0.3) is 0 Å². The van der Waals surface area contributed by atoms with E-state index in [2.05, 4.69) is 44.3 Å².